The molecule has 8 heteroatoms. The van der Waals surface area contributed by atoms with Gasteiger partial charge in [0.2, 0.25) is 5.91 Å². The lowest BCUT2D eigenvalue weighted by Crippen LogP contribution is -2.39. The summed E-state index contributed by atoms with van der Waals surface area (Å²) in [6, 6.07) is 19.0. The number of amides is 1. The van der Waals surface area contributed by atoms with Crippen molar-refractivity contribution in [1.29, 1.82) is 0 Å². The molecular formula is C25H24ClF3N2O2. The van der Waals surface area contributed by atoms with E-state index in [1.54, 1.807) is 24.3 Å². The van der Waals surface area contributed by atoms with Crippen LogP contribution in [0, 0.1) is 5.92 Å². The largest absolute Gasteiger partial charge is 0.489 e. The van der Waals surface area contributed by atoms with Gasteiger partial charge in [-0.2, -0.15) is 13.2 Å². The zero-order chi connectivity index (χ0) is 24.0. The number of anilines is 2. The molecule has 0 aliphatic heterocycles. The quantitative estimate of drug-likeness (QED) is 0.367. The van der Waals surface area contributed by atoms with Crippen LogP contribution in [0.15, 0.2) is 72.8 Å². The Labute approximate surface area is 195 Å². The lowest BCUT2D eigenvalue weighted by atomic mass is 10.0. The Morgan fingerprint density at radius 1 is 1.00 bits per heavy atom. The smallest absolute Gasteiger partial charge is 0.416 e. The zero-order valence-corrected chi connectivity index (χ0v) is 18.9. The van der Waals surface area contributed by atoms with E-state index in [4.69, 9.17) is 16.3 Å². The van der Waals surface area contributed by atoms with Crippen LogP contribution in [0.2, 0.25) is 5.02 Å². The van der Waals surface area contributed by atoms with Gasteiger partial charge in [-0.3, -0.25) is 4.79 Å². The van der Waals surface area contributed by atoms with Gasteiger partial charge in [0.1, 0.15) is 18.4 Å². The number of rotatable bonds is 8. The van der Waals surface area contributed by atoms with Crippen LogP contribution in [0.1, 0.15) is 25.0 Å². The molecule has 2 N–H and O–H groups in total. The van der Waals surface area contributed by atoms with Gasteiger partial charge in [-0.05, 0) is 53.9 Å². The number of nitrogens with one attached hydrogen (secondary N) is 2. The van der Waals surface area contributed by atoms with E-state index in [1.165, 1.54) is 6.07 Å². The van der Waals surface area contributed by atoms with Crippen molar-refractivity contribution in [3.05, 3.63) is 88.9 Å². The SMILES string of the molecule is CC(C)C(Nc1ccc(C(F)(F)F)cc1Cl)C(=O)Nc1ccc(OCc2ccccc2)cc1. The van der Waals surface area contributed by atoms with Crippen LogP contribution < -0.4 is 15.4 Å². The predicted octanol–water partition coefficient (Wildman–Crippen LogP) is 7.01. The van der Waals surface area contributed by atoms with E-state index in [1.807, 2.05) is 44.2 Å². The Kier molecular flexibility index (Phi) is 7.87. The zero-order valence-electron chi connectivity index (χ0n) is 18.1. The maximum absolute atomic E-state index is 12.9. The Morgan fingerprint density at radius 3 is 2.24 bits per heavy atom. The summed E-state index contributed by atoms with van der Waals surface area (Å²) in [5.74, 6) is 0.169. The van der Waals surface area contributed by atoms with Crippen LogP contribution >= 0.6 is 11.6 Å². The molecule has 3 aromatic carbocycles. The van der Waals surface area contributed by atoms with Crippen molar-refractivity contribution < 1.29 is 22.7 Å². The van der Waals surface area contributed by atoms with E-state index in [0.717, 1.165) is 17.7 Å². The van der Waals surface area contributed by atoms with Gasteiger partial charge in [0.15, 0.2) is 0 Å². The fourth-order valence-corrected chi connectivity index (χ4v) is 3.34. The van der Waals surface area contributed by atoms with Crippen LogP contribution in [0.5, 0.6) is 5.75 Å². The molecule has 174 valence electrons. The first-order valence-electron chi connectivity index (χ1n) is 10.3. The molecule has 1 amide bonds. The van der Waals surface area contributed by atoms with Gasteiger partial charge in [0.05, 0.1) is 16.3 Å². The molecular weight excluding hydrogens is 453 g/mol. The third kappa shape index (κ3) is 6.89. The Hall–Kier alpha value is -3.19. The minimum absolute atomic E-state index is 0.108. The van der Waals surface area contributed by atoms with E-state index < -0.39 is 17.8 Å². The standard InChI is InChI=1S/C25H24ClF3N2O2/c1-16(2)23(31-22-13-8-18(14-21(22)26)25(27,28)29)24(32)30-19-9-11-20(12-10-19)33-15-17-6-4-3-5-7-17/h3-14,16,23,31H,15H2,1-2H3,(H,30,32). The fraction of sp³-hybridized carbons (Fsp3) is 0.240. The van der Waals surface area contributed by atoms with Crippen molar-refractivity contribution in [3.8, 4) is 5.75 Å². The van der Waals surface area contributed by atoms with Gasteiger partial charge >= 0.3 is 6.18 Å². The number of ether oxygens (including phenoxy) is 1. The van der Waals surface area contributed by atoms with Crippen molar-refractivity contribution >= 4 is 28.9 Å². The minimum atomic E-state index is -4.49. The molecule has 0 heterocycles. The van der Waals surface area contributed by atoms with E-state index in [-0.39, 0.29) is 22.5 Å². The van der Waals surface area contributed by atoms with E-state index in [2.05, 4.69) is 10.6 Å². The van der Waals surface area contributed by atoms with Crippen molar-refractivity contribution in [2.45, 2.75) is 32.7 Å². The molecule has 33 heavy (non-hydrogen) atoms. The monoisotopic (exact) mass is 476 g/mol. The van der Waals surface area contributed by atoms with Gasteiger partial charge in [-0.1, -0.05) is 55.8 Å². The summed E-state index contributed by atoms with van der Waals surface area (Å²) in [5, 5.41) is 5.67. The number of hydrogen-bond donors (Lipinski definition) is 2. The normalized spacial score (nSPS) is 12.3. The van der Waals surface area contributed by atoms with Crippen molar-refractivity contribution in [3.63, 3.8) is 0 Å². The molecule has 0 saturated carbocycles. The molecule has 1 unspecified atom stereocenters. The molecule has 0 aromatic heterocycles. The lowest BCUT2D eigenvalue weighted by Gasteiger charge is -2.24. The van der Waals surface area contributed by atoms with E-state index >= 15 is 0 Å². The first-order chi connectivity index (χ1) is 15.6. The molecule has 4 nitrogen and oxygen atoms in total. The predicted molar refractivity (Wildman–Crippen MR) is 125 cm³/mol. The first kappa shape index (κ1) is 24.5. The van der Waals surface area contributed by atoms with Gasteiger partial charge in [-0.15, -0.1) is 0 Å². The molecule has 0 aliphatic rings. The van der Waals surface area contributed by atoms with Crippen LogP contribution in [-0.4, -0.2) is 11.9 Å². The highest BCUT2D eigenvalue weighted by molar-refractivity contribution is 6.33. The van der Waals surface area contributed by atoms with Gasteiger partial charge in [0, 0.05) is 5.69 Å². The average Bonchev–Trinajstić information content (AvgIpc) is 2.77. The second-order valence-electron chi connectivity index (χ2n) is 7.85. The number of carbonyl (C=O) groups excluding carboxylic acids is 1. The number of halogens is 4. The lowest BCUT2D eigenvalue weighted by molar-refractivity contribution is -0.137. The molecule has 0 fully saturated rings. The summed E-state index contributed by atoms with van der Waals surface area (Å²) in [7, 11) is 0. The van der Waals surface area contributed by atoms with Crippen molar-refractivity contribution in [1.82, 2.24) is 0 Å². The second-order valence-corrected chi connectivity index (χ2v) is 8.25. The second kappa shape index (κ2) is 10.6. The summed E-state index contributed by atoms with van der Waals surface area (Å²) in [5.41, 5.74) is 1.02. The molecule has 0 aliphatic carbocycles. The number of benzene rings is 3. The number of hydrogen-bond acceptors (Lipinski definition) is 3. The maximum atomic E-state index is 12.9. The summed E-state index contributed by atoms with van der Waals surface area (Å²) in [4.78, 5) is 12.9. The summed E-state index contributed by atoms with van der Waals surface area (Å²) >= 11 is 6.03. The van der Waals surface area contributed by atoms with E-state index in [0.29, 0.717) is 18.0 Å². The highest BCUT2D eigenvalue weighted by Crippen LogP contribution is 2.34. The molecule has 0 spiro atoms. The van der Waals surface area contributed by atoms with Crippen LogP contribution in [0.4, 0.5) is 24.5 Å². The summed E-state index contributed by atoms with van der Waals surface area (Å²) in [6.07, 6.45) is -4.49. The number of carbonyl (C=O) groups is 1. The third-order valence-electron chi connectivity index (χ3n) is 4.93. The molecule has 0 saturated heterocycles. The van der Waals surface area contributed by atoms with Crippen LogP contribution in [0.3, 0.4) is 0 Å². The van der Waals surface area contributed by atoms with E-state index in [9.17, 15) is 18.0 Å². The average molecular weight is 477 g/mol. The maximum Gasteiger partial charge on any atom is 0.416 e. The molecule has 0 radical (unpaired) electrons. The van der Waals surface area contributed by atoms with Gasteiger partial charge in [-0.25, -0.2) is 0 Å². The van der Waals surface area contributed by atoms with Crippen LogP contribution in [-0.2, 0) is 17.6 Å². The first-order valence-corrected chi connectivity index (χ1v) is 10.7. The Bertz CT molecular complexity index is 1070. The molecule has 3 aromatic rings. The highest BCUT2D eigenvalue weighted by Gasteiger charge is 2.31. The molecule has 3 rings (SSSR count). The van der Waals surface area contributed by atoms with Crippen molar-refractivity contribution in [2.24, 2.45) is 5.92 Å². The molecule has 0 bridgehead atoms. The summed E-state index contributed by atoms with van der Waals surface area (Å²) in [6.45, 7) is 4.09. The third-order valence-corrected chi connectivity index (χ3v) is 5.24. The minimum Gasteiger partial charge on any atom is -0.489 e. The highest BCUT2D eigenvalue weighted by atomic mass is 35.5. The number of alkyl halides is 3. The Morgan fingerprint density at radius 2 is 1.67 bits per heavy atom. The van der Waals surface area contributed by atoms with Crippen LogP contribution in [0.25, 0.3) is 0 Å². The van der Waals surface area contributed by atoms with Gasteiger partial charge in [0.25, 0.3) is 0 Å². The Balaban J connectivity index is 1.63. The van der Waals surface area contributed by atoms with Crippen molar-refractivity contribution in [2.75, 3.05) is 10.6 Å². The van der Waals surface area contributed by atoms with Gasteiger partial charge < -0.3 is 15.4 Å². The summed E-state index contributed by atoms with van der Waals surface area (Å²) < 4.78 is 44.4. The topological polar surface area (TPSA) is 50.4 Å². The fourth-order valence-electron chi connectivity index (χ4n) is 3.11. The molecule has 1 atom stereocenters.